The van der Waals surface area contributed by atoms with Crippen LogP contribution >= 0.6 is 0 Å². The lowest BCUT2D eigenvalue weighted by Gasteiger charge is -2.25. The fourth-order valence-corrected chi connectivity index (χ4v) is 3.86. The van der Waals surface area contributed by atoms with Gasteiger partial charge in [-0.25, -0.2) is 9.36 Å². The van der Waals surface area contributed by atoms with E-state index in [0.717, 1.165) is 35.3 Å². The summed E-state index contributed by atoms with van der Waals surface area (Å²) in [5.74, 6) is -0.649. The van der Waals surface area contributed by atoms with Gasteiger partial charge in [0.05, 0.1) is 11.4 Å². The average molecular weight is 398 g/mol. The highest BCUT2D eigenvalue weighted by Crippen LogP contribution is 2.36. The normalized spacial score (nSPS) is 12.7. The van der Waals surface area contributed by atoms with Crippen molar-refractivity contribution in [3.8, 4) is 11.4 Å². The van der Waals surface area contributed by atoms with Crippen LogP contribution in [0.25, 0.3) is 11.4 Å². The van der Waals surface area contributed by atoms with Crippen molar-refractivity contribution >= 4 is 17.3 Å². The first-order chi connectivity index (χ1) is 14.7. The van der Waals surface area contributed by atoms with Gasteiger partial charge in [0.25, 0.3) is 5.91 Å². The Morgan fingerprint density at radius 2 is 1.60 bits per heavy atom. The molecule has 1 aliphatic rings. The Bertz CT molecular complexity index is 1230. The number of benzene rings is 2. The molecule has 0 saturated carbocycles. The number of carbonyl (C=O) groups excluding carboxylic acids is 1. The molecule has 30 heavy (non-hydrogen) atoms. The van der Waals surface area contributed by atoms with Gasteiger partial charge in [0, 0.05) is 18.0 Å². The number of amides is 1. The van der Waals surface area contributed by atoms with Crippen LogP contribution in [0.3, 0.4) is 0 Å². The van der Waals surface area contributed by atoms with Crippen LogP contribution in [-0.4, -0.2) is 20.6 Å². The van der Waals surface area contributed by atoms with Crippen LogP contribution in [0.5, 0.6) is 0 Å². The predicted octanol–water partition coefficient (Wildman–Crippen LogP) is 3.36. The zero-order valence-electron chi connectivity index (χ0n) is 16.1. The smallest absolute Gasteiger partial charge is 0.295 e. The van der Waals surface area contributed by atoms with Crippen LogP contribution in [0, 0.1) is 0 Å². The van der Waals surface area contributed by atoms with Gasteiger partial charge in [0.2, 0.25) is 0 Å². The van der Waals surface area contributed by atoms with E-state index in [4.69, 9.17) is 4.52 Å². The quantitative estimate of drug-likeness (QED) is 0.529. The molecule has 148 valence electrons. The van der Waals surface area contributed by atoms with Gasteiger partial charge in [-0.15, -0.1) is 0 Å². The van der Waals surface area contributed by atoms with Crippen LogP contribution in [0.2, 0.25) is 0 Å². The van der Waals surface area contributed by atoms with E-state index >= 15 is 0 Å². The minimum absolute atomic E-state index is 0.199. The summed E-state index contributed by atoms with van der Waals surface area (Å²) in [6.45, 7) is -0.199. The molecule has 1 aliphatic heterocycles. The molecule has 0 spiro atoms. The molecule has 0 aliphatic carbocycles. The van der Waals surface area contributed by atoms with E-state index in [1.54, 1.807) is 29.4 Å². The van der Waals surface area contributed by atoms with Crippen molar-refractivity contribution in [2.24, 2.45) is 0 Å². The Morgan fingerprint density at radius 3 is 2.23 bits per heavy atom. The van der Waals surface area contributed by atoms with Crippen LogP contribution < -0.4 is 10.7 Å². The third kappa shape index (κ3) is 3.10. The second-order valence-electron chi connectivity index (χ2n) is 7.09. The number of para-hydroxylation sites is 2. The third-order valence-corrected chi connectivity index (χ3v) is 5.28. The molecule has 0 unspecified atom stereocenters. The first-order valence-corrected chi connectivity index (χ1v) is 9.68. The van der Waals surface area contributed by atoms with Gasteiger partial charge in [0.15, 0.2) is 5.82 Å². The molecule has 0 radical (unpaired) electrons. The molecule has 0 N–H and O–H groups in total. The van der Waals surface area contributed by atoms with Crippen LogP contribution in [-0.2, 0) is 24.2 Å². The van der Waals surface area contributed by atoms with Crippen molar-refractivity contribution in [2.45, 2.75) is 19.4 Å². The summed E-state index contributed by atoms with van der Waals surface area (Å²) < 4.78 is 6.11. The highest BCUT2D eigenvalue weighted by molar-refractivity contribution is 6.02. The van der Waals surface area contributed by atoms with Crippen molar-refractivity contribution in [3.63, 3.8) is 0 Å². The fraction of sp³-hybridized carbons (Fsp3) is 0.130. The molecule has 7 nitrogen and oxygen atoms in total. The van der Waals surface area contributed by atoms with Gasteiger partial charge in [-0.05, 0) is 48.2 Å². The monoisotopic (exact) mass is 398 g/mol. The zero-order valence-corrected chi connectivity index (χ0v) is 16.1. The van der Waals surface area contributed by atoms with Gasteiger partial charge in [-0.1, -0.05) is 41.6 Å². The number of anilines is 2. The second kappa shape index (κ2) is 7.44. The zero-order chi connectivity index (χ0) is 20.5. The summed E-state index contributed by atoms with van der Waals surface area (Å²) in [5.41, 5.74) is 4.45. The number of aromatic nitrogens is 3. The standard InChI is InChI=1S/C23H18N4O3/c28-21(15-26-22(25-30-23(26)29)18-8-5-13-24-14-18)27-19-9-3-1-6-16(19)11-12-17-7-2-4-10-20(17)27/h1-10,13-14H,11-12,15H2. The fourth-order valence-electron chi connectivity index (χ4n) is 3.86. The van der Waals surface area contributed by atoms with E-state index in [1.165, 1.54) is 4.57 Å². The molecular weight excluding hydrogens is 380 g/mol. The van der Waals surface area contributed by atoms with Crippen molar-refractivity contribution < 1.29 is 9.32 Å². The number of aryl methyl sites for hydroxylation is 2. The topological polar surface area (TPSA) is 81.2 Å². The van der Waals surface area contributed by atoms with Gasteiger partial charge in [-0.3, -0.25) is 19.2 Å². The summed E-state index contributed by atoms with van der Waals surface area (Å²) in [6, 6.07) is 19.2. The first-order valence-electron chi connectivity index (χ1n) is 9.68. The molecule has 7 heteroatoms. The molecule has 0 bridgehead atoms. The lowest BCUT2D eigenvalue weighted by Crippen LogP contribution is -2.33. The summed E-state index contributed by atoms with van der Waals surface area (Å²) in [7, 11) is 0. The SMILES string of the molecule is O=C(Cn1c(-c2cccnc2)noc1=O)N1c2ccccc2CCc2ccccc21. The Hall–Kier alpha value is -4.00. The van der Waals surface area contributed by atoms with Gasteiger partial charge in [-0.2, -0.15) is 0 Å². The van der Waals surface area contributed by atoms with Gasteiger partial charge in [0.1, 0.15) is 6.54 Å². The van der Waals surface area contributed by atoms with Crippen molar-refractivity contribution in [1.82, 2.24) is 14.7 Å². The third-order valence-electron chi connectivity index (χ3n) is 5.28. The van der Waals surface area contributed by atoms with E-state index in [2.05, 4.69) is 10.1 Å². The Labute approximate surface area is 172 Å². The lowest BCUT2D eigenvalue weighted by molar-refractivity contribution is -0.118. The molecular formula is C23H18N4O3. The van der Waals surface area contributed by atoms with Crippen LogP contribution in [0.15, 0.2) is 82.4 Å². The van der Waals surface area contributed by atoms with E-state index in [1.807, 2.05) is 48.5 Å². The maximum atomic E-state index is 13.6. The highest BCUT2D eigenvalue weighted by Gasteiger charge is 2.27. The summed E-state index contributed by atoms with van der Waals surface area (Å²) in [5, 5.41) is 3.86. The summed E-state index contributed by atoms with van der Waals surface area (Å²) in [6.07, 6.45) is 4.88. The first kappa shape index (κ1) is 18.1. The minimum atomic E-state index is -0.682. The van der Waals surface area contributed by atoms with E-state index < -0.39 is 5.76 Å². The summed E-state index contributed by atoms with van der Waals surface area (Å²) >= 11 is 0. The van der Waals surface area contributed by atoms with Crippen molar-refractivity contribution in [1.29, 1.82) is 0 Å². The molecule has 4 aromatic rings. The number of hydrogen-bond donors (Lipinski definition) is 0. The number of rotatable bonds is 3. The van der Waals surface area contributed by atoms with E-state index in [0.29, 0.717) is 5.56 Å². The number of fused-ring (bicyclic) bond motifs is 2. The molecule has 0 saturated heterocycles. The molecule has 3 heterocycles. The molecule has 0 atom stereocenters. The van der Waals surface area contributed by atoms with E-state index in [9.17, 15) is 9.59 Å². The van der Waals surface area contributed by atoms with Gasteiger partial charge >= 0.3 is 5.76 Å². The number of hydrogen-bond acceptors (Lipinski definition) is 5. The molecule has 2 aromatic heterocycles. The van der Waals surface area contributed by atoms with Crippen LogP contribution in [0.1, 0.15) is 11.1 Å². The van der Waals surface area contributed by atoms with Crippen molar-refractivity contribution in [2.75, 3.05) is 4.90 Å². The van der Waals surface area contributed by atoms with E-state index in [-0.39, 0.29) is 18.3 Å². The average Bonchev–Trinajstić information content (AvgIpc) is 3.05. The number of nitrogens with zero attached hydrogens (tertiary/aromatic N) is 4. The Kier molecular flexibility index (Phi) is 4.48. The highest BCUT2D eigenvalue weighted by atomic mass is 16.5. The minimum Gasteiger partial charge on any atom is -0.295 e. The molecule has 0 fully saturated rings. The Morgan fingerprint density at radius 1 is 0.933 bits per heavy atom. The molecule has 5 rings (SSSR count). The predicted molar refractivity (Wildman–Crippen MR) is 111 cm³/mol. The maximum absolute atomic E-state index is 13.6. The largest absolute Gasteiger partial charge is 0.442 e. The number of carbonyl (C=O) groups is 1. The molecule has 2 aromatic carbocycles. The Balaban J connectivity index is 1.59. The number of pyridine rings is 1. The van der Waals surface area contributed by atoms with Crippen molar-refractivity contribution in [3.05, 3.63) is 94.7 Å². The lowest BCUT2D eigenvalue weighted by atomic mass is 10.0. The van der Waals surface area contributed by atoms with Crippen LogP contribution in [0.4, 0.5) is 11.4 Å². The maximum Gasteiger partial charge on any atom is 0.442 e. The summed E-state index contributed by atoms with van der Waals surface area (Å²) in [4.78, 5) is 31.7. The molecule has 1 amide bonds. The second-order valence-corrected chi connectivity index (χ2v) is 7.09. The van der Waals surface area contributed by atoms with Gasteiger partial charge < -0.3 is 0 Å².